The van der Waals surface area contributed by atoms with Gasteiger partial charge in [-0.2, -0.15) is 25.3 Å². The first-order valence-electron chi connectivity index (χ1n) is 8.37. The Kier molecular flexibility index (Phi) is 9.43. The van der Waals surface area contributed by atoms with E-state index in [1.165, 1.54) is 11.8 Å². The summed E-state index contributed by atoms with van der Waals surface area (Å²) in [5.74, 6) is -2.44. The van der Waals surface area contributed by atoms with E-state index in [0.717, 1.165) is 0 Å². The summed E-state index contributed by atoms with van der Waals surface area (Å²) in [6, 6.07) is -2.50. The van der Waals surface area contributed by atoms with Gasteiger partial charge >= 0.3 is 0 Å². The van der Waals surface area contributed by atoms with Crippen LogP contribution >= 0.6 is 25.3 Å². The Labute approximate surface area is 168 Å². The second kappa shape index (κ2) is 11.0. The van der Waals surface area contributed by atoms with Crippen molar-refractivity contribution in [2.45, 2.75) is 37.9 Å². The van der Waals surface area contributed by atoms with Gasteiger partial charge in [0.05, 0.1) is 6.54 Å². The maximum Gasteiger partial charge on any atom is 0.246 e. The van der Waals surface area contributed by atoms with Crippen molar-refractivity contribution in [3.8, 4) is 0 Å². The van der Waals surface area contributed by atoms with Crippen LogP contribution in [0.3, 0.4) is 0 Å². The van der Waals surface area contributed by atoms with Crippen LogP contribution in [0.1, 0.15) is 19.8 Å². The molecule has 0 aromatic heterocycles. The Morgan fingerprint density at radius 1 is 1.11 bits per heavy atom. The molecule has 1 rings (SSSR count). The molecule has 0 unspecified atom stereocenters. The number of rotatable bonds is 9. The summed E-state index contributed by atoms with van der Waals surface area (Å²) in [5.41, 5.74) is 5.11. The van der Waals surface area contributed by atoms with Gasteiger partial charge in [0.25, 0.3) is 0 Å². The summed E-state index contributed by atoms with van der Waals surface area (Å²) in [5, 5.41) is 7.30. The normalized spacial score (nSPS) is 18.3. The highest BCUT2D eigenvalue weighted by Gasteiger charge is 2.37. The van der Waals surface area contributed by atoms with Crippen LogP contribution in [0.15, 0.2) is 0 Å². The number of hydrogen-bond donors (Lipinski definition) is 6. The molecule has 1 heterocycles. The highest BCUT2D eigenvalue weighted by Crippen LogP contribution is 2.18. The quantitative estimate of drug-likeness (QED) is 0.227. The molecule has 0 aromatic carbocycles. The highest BCUT2D eigenvalue weighted by molar-refractivity contribution is 7.80. The highest BCUT2D eigenvalue weighted by atomic mass is 32.1. The largest absolute Gasteiger partial charge is 0.368 e. The van der Waals surface area contributed by atoms with Crippen molar-refractivity contribution in [1.29, 1.82) is 0 Å². The molecular formula is C15H25N5O5S2. The summed E-state index contributed by atoms with van der Waals surface area (Å²) in [4.78, 5) is 60.5. The van der Waals surface area contributed by atoms with Crippen molar-refractivity contribution >= 4 is 54.8 Å². The van der Waals surface area contributed by atoms with Gasteiger partial charge in [-0.1, -0.05) is 0 Å². The second-order valence-electron chi connectivity index (χ2n) is 6.05. The van der Waals surface area contributed by atoms with E-state index in [1.54, 1.807) is 0 Å². The molecule has 1 aliphatic rings. The van der Waals surface area contributed by atoms with Gasteiger partial charge in [-0.15, -0.1) is 0 Å². The molecule has 0 spiro atoms. The van der Waals surface area contributed by atoms with E-state index >= 15 is 0 Å². The Bertz CT molecular complexity index is 603. The number of carbonyl (C=O) groups excluding carboxylic acids is 5. The zero-order valence-corrected chi connectivity index (χ0v) is 16.7. The number of thiol groups is 2. The van der Waals surface area contributed by atoms with Crippen molar-refractivity contribution in [3.63, 3.8) is 0 Å². The molecule has 1 aliphatic heterocycles. The molecular weight excluding hydrogens is 394 g/mol. The maximum atomic E-state index is 12.6. The Morgan fingerprint density at radius 3 is 2.26 bits per heavy atom. The van der Waals surface area contributed by atoms with Crippen LogP contribution in [0.5, 0.6) is 0 Å². The van der Waals surface area contributed by atoms with Gasteiger partial charge in [-0.05, 0) is 12.8 Å². The molecule has 0 aromatic rings. The van der Waals surface area contributed by atoms with Gasteiger partial charge < -0.3 is 26.6 Å². The first-order chi connectivity index (χ1) is 12.7. The number of nitrogens with one attached hydrogen (secondary N) is 3. The third-order valence-corrected chi connectivity index (χ3v) is 4.71. The molecule has 5 amide bonds. The van der Waals surface area contributed by atoms with Crippen LogP contribution in [0, 0.1) is 0 Å². The van der Waals surface area contributed by atoms with Crippen molar-refractivity contribution < 1.29 is 24.0 Å². The topological polar surface area (TPSA) is 151 Å². The van der Waals surface area contributed by atoms with Crippen molar-refractivity contribution in [2.75, 3.05) is 24.6 Å². The lowest BCUT2D eigenvalue weighted by Gasteiger charge is -2.27. The first-order valence-corrected chi connectivity index (χ1v) is 9.63. The third-order valence-electron chi connectivity index (χ3n) is 3.98. The minimum absolute atomic E-state index is 0.0359. The lowest BCUT2D eigenvalue weighted by molar-refractivity contribution is -0.141. The molecule has 1 saturated heterocycles. The van der Waals surface area contributed by atoms with Crippen molar-refractivity contribution in [2.24, 2.45) is 5.73 Å². The van der Waals surface area contributed by atoms with Gasteiger partial charge in [-0.25, -0.2) is 0 Å². The molecule has 5 N–H and O–H groups in total. The Morgan fingerprint density at radius 2 is 1.74 bits per heavy atom. The number of likely N-dealkylation sites (tertiary alicyclic amines) is 1. The summed E-state index contributed by atoms with van der Waals surface area (Å²) >= 11 is 7.98. The molecule has 0 radical (unpaired) electrons. The van der Waals surface area contributed by atoms with E-state index in [0.29, 0.717) is 19.4 Å². The Balaban J connectivity index is 2.63. The van der Waals surface area contributed by atoms with Gasteiger partial charge in [0.15, 0.2) is 0 Å². The number of hydrogen-bond acceptors (Lipinski definition) is 7. The van der Waals surface area contributed by atoms with Gasteiger partial charge in [0.2, 0.25) is 29.5 Å². The smallest absolute Gasteiger partial charge is 0.246 e. The lowest BCUT2D eigenvalue weighted by Crippen LogP contribution is -2.55. The molecule has 1 fully saturated rings. The van der Waals surface area contributed by atoms with E-state index in [2.05, 4.69) is 41.2 Å². The molecule has 12 heteroatoms. The number of amides is 5. The second-order valence-corrected chi connectivity index (χ2v) is 6.78. The van der Waals surface area contributed by atoms with Gasteiger partial charge in [0.1, 0.15) is 18.1 Å². The zero-order valence-electron chi connectivity index (χ0n) is 14.9. The van der Waals surface area contributed by atoms with Crippen LogP contribution < -0.4 is 21.7 Å². The van der Waals surface area contributed by atoms with E-state index in [4.69, 9.17) is 5.73 Å². The minimum Gasteiger partial charge on any atom is -0.368 e. The van der Waals surface area contributed by atoms with Crippen LogP contribution in [0.4, 0.5) is 0 Å². The summed E-state index contributed by atoms with van der Waals surface area (Å²) < 4.78 is 0. The van der Waals surface area contributed by atoms with Gasteiger partial charge in [0, 0.05) is 25.0 Å². The van der Waals surface area contributed by atoms with E-state index in [-0.39, 0.29) is 24.0 Å². The fourth-order valence-electron chi connectivity index (χ4n) is 2.67. The fourth-order valence-corrected chi connectivity index (χ4v) is 3.19. The number of carbonyl (C=O) groups is 5. The van der Waals surface area contributed by atoms with E-state index in [9.17, 15) is 24.0 Å². The van der Waals surface area contributed by atoms with Crippen LogP contribution in [-0.4, -0.2) is 77.2 Å². The van der Waals surface area contributed by atoms with Crippen LogP contribution in [0.2, 0.25) is 0 Å². The summed E-state index contributed by atoms with van der Waals surface area (Å²) in [7, 11) is 0. The predicted octanol–water partition coefficient (Wildman–Crippen LogP) is -2.57. The number of nitrogens with two attached hydrogens (primary N) is 1. The lowest BCUT2D eigenvalue weighted by atomic mass is 10.2. The third kappa shape index (κ3) is 6.94. The summed E-state index contributed by atoms with van der Waals surface area (Å²) in [6.45, 7) is 1.30. The molecule has 3 atom stereocenters. The predicted molar refractivity (Wildman–Crippen MR) is 104 cm³/mol. The maximum absolute atomic E-state index is 12.6. The molecule has 0 aliphatic carbocycles. The molecule has 10 nitrogen and oxygen atoms in total. The molecule has 0 bridgehead atoms. The van der Waals surface area contributed by atoms with E-state index in [1.807, 2.05) is 0 Å². The Hall–Kier alpha value is -1.95. The number of primary amides is 1. The fraction of sp³-hybridized carbons (Fsp3) is 0.667. The van der Waals surface area contributed by atoms with Crippen molar-refractivity contribution in [3.05, 3.63) is 0 Å². The molecule has 152 valence electrons. The standard InChI is InChI=1S/C15H25N5O5S2/c1-8(21)18-10(7-27)15(25)20-4-2-3-11(20)14(24)17-5-12(22)19-9(6-26)13(16)23/h9-11,26-27H,2-7H2,1H3,(H2,16,23)(H,17,24)(H,18,21)(H,19,22)/t9-,10-,11-/m0/s1. The molecule has 0 saturated carbocycles. The summed E-state index contributed by atoms with van der Waals surface area (Å²) in [6.07, 6.45) is 1.07. The molecule has 27 heavy (non-hydrogen) atoms. The first kappa shape index (κ1) is 23.1. The average Bonchev–Trinajstić information content (AvgIpc) is 3.10. The average molecular weight is 420 g/mol. The zero-order chi connectivity index (χ0) is 20.6. The SMILES string of the molecule is CC(=O)N[C@@H](CS)C(=O)N1CCC[C@H]1C(=O)NCC(=O)N[C@@H](CS)C(N)=O. The van der Waals surface area contributed by atoms with Gasteiger partial charge in [-0.3, -0.25) is 24.0 Å². The van der Waals surface area contributed by atoms with E-state index < -0.39 is 41.8 Å². The minimum atomic E-state index is -0.934. The monoisotopic (exact) mass is 419 g/mol. The van der Waals surface area contributed by atoms with Crippen molar-refractivity contribution in [1.82, 2.24) is 20.9 Å². The van der Waals surface area contributed by atoms with Crippen LogP contribution in [0.25, 0.3) is 0 Å². The van der Waals surface area contributed by atoms with Crippen LogP contribution in [-0.2, 0) is 24.0 Å². The number of nitrogens with zero attached hydrogens (tertiary/aromatic N) is 1.